The Morgan fingerprint density at radius 3 is 1.67 bits per heavy atom. The van der Waals surface area contributed by atoms with Crippen LogP contribution in [-0.4, -0.2) is 28.6 Å². The van der Waals surface area contributed by atoms with E-state index in [0.717, 1.165) is 6.42 Å². The maximum atomic E-state index is 10.1. The number of carbonyl (C=O) groups is 2. The van der Waals surface area contributed by atoms with Crippen LogP contribution >= 0.6 is 0 Å². The number of aliphatic carboxylic acids is 1. The number of hydrogen-bond acceptors (Lipinski definition) is 3. The smallest absolute Gasteiger partial charge is 0.372 e. The zero-order valence-electron chi connectivity index (χ0n) is 7.54. The first-order chi connectivity index (χ1) is 5.59. The Bertz CT molecular complexity index is 129. The van der Waals surface area contributed by atoms with Crippen LogP contribution in [0, 0.1) is 0 Å². The second-order valence-corrected chi connectivity index (χ2v) is 2.20. The highest BCUT2D eigenvalue weighted by molar-refractivity contribution is 6.32. The summed E-state index contributed by atoms with van der Waals surface area (Å²) < 4.78 is 0. The van der Waals surface area contributed by atoms with Crippen LogP contribution in [0.5, 0.6) is 0 Å². The Morgan fingerprint density at radius 2 is 1.58 bits per heavy atom. The van der Waals surface area contributed by atoms with Crippen molar-refractivity contribution in [3.8, 4) is 0 Å². The first-order valence-electron chi connectivity index (χ1n) is 3.97. The highest BCUT2D eigenvalue weighted by Gasteiger charge is 2.07. The molecule has 0 saturated heterocycles. The molecule has 0 heterocycles. The number of hydrogen-bond donors (Lipinski definition) is 2. The van der Waals surface area contributed by atoms with Gasteiger partial charge in [-0.1, -0.05) is 13.8 Å². The Morgan fingerprint density at radius 1 is 1.17 bits per heavy atom. The van der Waals surface area contributed by atoms with Crippen LogP contribution in [0.2, 0.25) is 0 Å². The molecular weight excluding hydrogens is 160 g/mol. The van der Waals surface area contributed by atoms with Crippen LogP contribution in [0.3, 0.4) is 0 Å². The van der Waals surface area contributed by atoms with Crippen molar-refractivity contribution in [2.75, 3.05) is 6.61 Å². The van der Waals surface area contributed by atoms with Crippen molar-refractivity contribution in [3.05, 3.63) is 0 Å². The minimum atomic E-state index is -1.33. The van der Waals surface area contributed by atoms with Gasteiger partial charge in [0.1, 0.15) is 0 Å². The van der Waals surface area contributed by atoms with Gasteiger partial charge in [0.15, 0.2) is 0 Å². The lowest BCUT2D eigenvalue weighted by molar-refractivity contribution is -0.149. The van der Waals surface area contributed by atoms with Crippen molar-refractivity contribution in [1.29, 1.82) is 0 Å². The molecule has 0 radical (unpaired) electrons. The lowest BCUT2D eigenvalue weighted by Crippen LogP contribution is -2.10. The van der Waals surface area contributed by atoms with Gasteiger partial charge in [-0.05, 0) is 12.8 Å². The summed E-state index contributed by atoms with van der Waals surface area (Å²) in [4.78, 5) is 19.9. The topological polar surface area (TPSA) is 74.6 Å². The summed E-state index contributed by atoms with van der Waals surface area (Å²) in [6.45, 7) is 4.01. The van der Waals surface area contributed by atoms with Gasteiger partial charge in [0.2, 0.25) is 5.78 Å². The second kappa shape index (κ2) is 10.1. The molecule has 0 aliphatic carbocycles. The molecule has 0 spiro atoms. The highest BCUT2D eigenvalue weighted by atomic mass is 16.4. The van der Waals surface area contributed by atoms with Crippen molar-refractivity contribution < 1.29 is 19.8 Å². The molecule has 0 rings (SSSR count). The largest absolute Gasteiger partial charge is 0.476 e. The first-order valence-corrected chi connectivity index (χ1v) is 3.97. The minimum Gasteiger partial charge on any atom is -0.476 e. The number of aliphatic hydroxyl groups excluding tert-OH is 1. The third-order valence-electron chi connectivity index (χ3n) is 0.939. The number of carboxylic acids is 1. The fraction of sp³-hybridized carbons (Fsp3) is 0.750. The van der Waals surface area contributed by atoms with Gasteiger partial charge in [-0.2, -0.15) is 0 Å². The second-order valence-electron chi connectivity index (χ2n) is 2.20. The molecule has 0 aromatic rings. The molecule has 0 amide bonds. The van der Waals surface area contributed by atoms with E-state index in [1.807, 2.05) is 6.92 Å². The standard InChI is InChI=1S/C5H8O3.C3H8O/c1-2-3-4(6)5(7)8;1-2-3-4/h2-3H2,1H3,(H,7,8);4H,2-3H2,1H3. The summed E-state index contributed by atoms with van der Waals surface area (Å²) >= 11 is 0. The Kier molecular flexibility index (Phi) is 11.5. The number of Topliss-reactive ketones (excluding diaryl/α,β-unsaturated/α-hetero) is 1. The maximum Gasteiger partial charge on any atom is 0.372 e. The van der Waals surface area contributed by atoms with Gasteiger partial charge in [0.25, 0.3) is 0 Å². The summed E-state index contributed by atoms with van der Waals surface area (Å²) in [5, 5.41) is 15.8. The molecule has 0 aliphatic heterocycles. The molecule has 0 aromatic heterocycles. The first kappa shape index (κ1) is 13.7. The predicted octanol–water partition coefficient (Wildman–Crippen LogP) is 0.829. The van der Waals surface area contributed by atoms with Gasteiger partial charge in [-0.15, -0.1) is 0 Å². The van der Waals surface area contributed by atoms with E-state index in [1.54, 1.807) is 6.92 Å². The summed E-state index contributed by atoms with van der Waals surface area (Å²) in [7, 11) is 0. The van der Waals surface area contributed by atoms with E-state index >= 15 is 0 Å². The van der Waals surface area contributed by atoms with Crippen LogP contribution in [0.4, 0.5) is 0 Å². The maximum absolute atomic E-state index is 10.1. The number of carbonyl (C=O) groups excluding carboxylic acids is 1. The Hall–Kier alpha value is -0.900. The van der Waals surface area contributed by atoms with Crippen molar-refractivity contribution >= 4 is 11.8 Å². The van der Waals surface area contributed by atoms with Gasteiger partial charge in [0.05, 0.1) is 0 Å². The normalized spacial score (nSPS) is 8.25. The molecular formula is C8H16O4. The molecule has 4 heteroatoms. The lowest BCUT2D eigenvalue weighted by atomic mass is 10.2. The fourth-order valence-corrected chi connectivity index (χ4v) is 0.334. The van der Waals surface area contributed by atoms with Crippen LogP contribution < -0.4 is 0 Å². The van der Waals surface area contributed by atoms with Crippen LogP contribution in [-0.2, 0) is 9.59 Å². The lowest BCUT2D eigenvalue weighted by Gasteiger charge is -1.85. The number of ketones is 1. The number of carboxylic acid groups (broad SMARTS) is 1. The van der Waals surface area contributed by atoms with Crippen molar-refractivity contribution in [2.24, 2.45) is 0 Å². The average Bonchev–Trinajstić information content (AvgIpc) is 2.05. The van der Waals surface area contributed by atoms with E-state index in [9.17, 15) is 9.59 Å². The Labute approximate surface area is 72.2 Å². The zero-order chi connectivity index (χ0) is 9.98. The zero-order valence-corrected chi connectivity index (χ0v) is 7.54. The minimum absolute atomic E-state index is 0.148. The highest BCUT2D eigenvalue weighted by Crippen LogP contribution is 1.87. The van der Waals surface area contributed by atoms with Gasteiger partial charge in [-0.3, -0.25) is 4.79 Å². The summed E-state index contributed by atoms with van der Waals surface area (Å²) in [6, 6.07) is 0. The monoisotopic (exact) mass is 176 g/mol. The van der Waals surface area contributed by atoms with Gasteiger partial charge >= 0.3 is 5.97 Å². The summed E-state index contributed by atoms with van der Waals surface area (Å²) in [6.07, 6.45) is 1.63. The van der Waals surface area contributed by atoms with Crippen LogP contribution in [0.15, 0.2) is 0 Å². The SMILES string of the molecule is CCCC(=O)C(=O)O.CCCO. The van der Waals surface area contributed by atoms with Crippen molar-refractivity contribution in [2.45, 2.75) is 33.1 Å². The van der Waals surface area contributed by atoms with E-state index in [2.05, 4.69) is 0 Å². The van der Waals surface area contributed by atoms with Gasteiger partial charge in [0, 0.05) is 13.0 Å². The van der Waals surface area contributed by atoms with E-state index in [1.165, 1.54) is 0 Å². The summed E-state index contributed by atoms with van der Waals surface area (Å²) in [5.41, 5.74) is 0. The van der Waals surface area contributed by atoms with Crippen LogP contribution in [0.25, 0.3) is 0 Å². The number of rotatable bonds is 4. The molecule has 12 heavy (non-hydrogen) atoms. The molecule has 2 N–H and O–H groups in total. The van der Waals surface area contributed by atoms with Crippen molar-refractivity contribution in [1.82, 2.24) is 0 Å². The van der Waals surface area contributed by atoms with E-state index in [0.29, 0.717) is 13.0 Å². The third-order valence-corrected chi connectivity index (χ3v) is 0.939. The molecule has 0 saturated carbocycles. The molecule has 0 bridgehead atoms. The molecule has 4 nitrogen and oxygen atoms in total. The van der Waals surface area contributed by atoms with Crippen LogP contribution in [0.1, 0.15) is 33.1 Å². The van der Waals surface area contributed by atoms with Gasteiger partial charge in [-0.25, -0.2) is 4.79 Å². The number of aliphatic hydroxyl groups is 1. The molecule has 0 unspecified atom stereocenters. The van der Waals surface area contributed by atoms with E-state index in [-0.39, 0.29) is 6.42 Å². The van der Waals surface area contributed by atoms with E-state index in [4.69, 9.17) is 10.2 Å². The third kappa shape index (κ3) is 11.8. The van der Waals surface area contributed by atoms with E-state index < -0.39 is 11.8 Å². The van der Waals surface area contributed by atoms with Gasteiger partial charge < -0.3 is 10.2 Å². The molecule has 0 aliphatic rings. The molecule has 0 atom stereocenters. The molecule has 72 valence electrons. The molecule has 0 aromatic carbocycles. The quantitative estimate of drug-likeness (QED) is 0.622. The Balaban J connectivity index is 0. The average molecular weight is 176 g/mol. The summed E-state index contributed by atoms with van der Waals surface area (Å²) in [5.74, 6) is -2.03. The fourth-order valence-electron chi connectivity index (χ4n) is 0.334. The molecule has 0 fully saturated rings. The predicted molar refractivity (Wildman–Crippen MR) is 44.9 cm³/mol. The van der Waals surface area contributed by atoms with Crippen molar-refractivity contribution in [3.63, 3.8) is 0 Å².